The molecule has 20 heavy (non-hydrogen) atoms. The Morgan fingerprint density at radius 3 is 2.50 bits per heavy atom. The normalized spacial score (nSPS) is 10.7. The van der Waals surface area contributed by atoms with Gasteiger partial charge in [-0.25, -0.2) is 9.18 Å². The maximum Gasteiger partial charge on any atom is 0.328 e. The highest BCUT2D eigenvalue weighted by molar-refractivity contribution is 9.10. The molecule has 0 unspecified atom stereocenters. The number of aliphatic carboxylic acids is 1. The summed E-state index contributed by atoms with van der Waals surface area (Å²) in [6.07, 6.45) is 2.54. The molecule has 0 fully saturated rings. The van der Waals surface area contributed by atoms with Crippen molar-refractivity contribution in [2.24, 2.45) is 0 Å². The Kier molecular flexibility index (Phi) is 4.53. The topological polar surface area (TPSA) is 46.5 Å². The van der Waals surface area contributed by atoms with E-state index in [1.165, 1.54) is 30.3 Å². The third kappa shape index (κ3) is 3.93. The third-order valence-electron chi connectivity index (χ3n) is 2.42. The molecule has 3 nitrogen and oxygen atoms in total. The minimum atomic E-state index is -1.01. The minimum absolute atomic E-state index is 0.328. The highest BCUT2D eigenvalue weighted by Gasteiger charge is 2.04. The quantitative estimate of drug-likeness (QED) is 0.837. The first-order valence-corrected chi connectivity index (χ1v) is 6.48. The Balaban J connectivity index is 2.17. The van der Waals surface area contributed by atoms with Gasteiger partial charge in [-0.05, 0) is 64.0 Å². The summed E-state index contributed by atoms with van der Waals surface area (Å²) < 4.78 is 19.1. The second-order valence-corrected chi connectivity index (χ2v) is 4.77. The van der Waals surface area contributed by atoms with E-state index >= 15 is 0 Å². The lowest BCUT2D eigenvalue weighted by atomic mass is 10.2. The molecule has 0 aliphatic heterocycles. The van der Waals surface area contributed by atoms with Crippen molar-refractivity contribution < 1.29 is 19.0 Å². The predicted octanol–water partition coefficient (Wildman–Crippen LogP) is 4.48. The van der Waals surface area contributed by atoms with Crippen LogP contribution >= 0.6 is 15.9 Å². The maximum atomic E-state index is 12.8. The van der Waals surface area contributed by atoms with Crippen LogP contribution in [0.1, 0.15) is 5.56 Å². The largest absolute Gasteiger partial charge is 0.478 e. The van der Waals surface area contributed by atoms with E-state index in [9.17, 15) is 9.18 Å². The van der Waals surface area contributed by atoms with E-state index in [1.54, 1.807) is 18.2 Å². The smallest absolute Gasteiger partial charge is 0.328 e. The van der Waals surface area contributed by atoms with Gasteiger partial charge in [-0.1, -0.05) is 6.07 Å². The van der Waals surface area contributed by atoms with Crippen LogP contribution in [0.5, 0.6) is 11.5 Å². The standard InChI is InChI=1S/C15H10BrFO3/c16-13-9-10(2-8-15(18)19)1-7-14(13)20-12-5-3-11(17)4-6-12/h1-9H,(H,18,19)/b8-2+. The van der Waals surface area contributed by atoms with Crippen LogP contribution in [0.3, 0.4) is 0 Å². The molecular formula is C15H10BrFO3. The van der Waals surface area contributed by atoms with Crippen LogP contribution in [-0.4, -0.2) is 11.1 Å². The van der Waals surface area contributed by atoms with Crippen molar-refractivity contribution in [1.29, 1.82) is 0 Å². The van der Waals surface area contributed by atoms with Gasteiger partial charge in [0.15, 0.2) is 0 Å². The number of benzene rings is 2. The molecule has 2 rings (SSSR count). The molecule has 5 heteroatoms. The molecule has 1 N–H and O–H groups in total. The molecular weight excluding hydrogens is 327 g/mol. The van der Waals surface area contributed by atoms with Crippen molar-refractivity contribution in [3.63, 3.8) is 0 Å². The van der Waals surface area contributed by atoms with Gasteiger partial charge in [-0.15, -0.1) is 0 Å². The number of carboxylic acids is 1. The zero-order valence-corrected chi connectivity index (χ0v) is 11.8. The zero-order valence-electron chi connectivity index (χ0n) is 10.2. The molecule has 0 radical (unpaired) electrons. The first-order chi connectivity index (χ1) is 9.54. The fraction of sp³-hybridized carbons (Fsp3) is 0. The summed E-state index contributed by atoms with van der Waals surface area (Å²) in [7, 11) is 0. The van der Waals surface area contributed by atoms with Crippen molar-refractivity contribution in [1.82, 2.24) is 0 Å². The van der Waals surface area contributed by atoms with E-state index in [2.05, 4.69) is 15.9 Å². The summed E-state index contributed by atoms with van der Waals surface area (Å²) >= 11 is 3.35. The molecule has 0 bridgehead atoms. The number of ether oxygens (including phenoxy) is 1. The van der Waals surface area contributed by atoms with E-state index in [0.29, 0.717) is 16.0 Å². The van der Waals surface area contributed by atoms with Crippen molar-refractivity contribution in [2.45, 2.75) is 0 Å². The summed E-state index contributed by atoms with van der Waals surface area (Å²) in [5.74, 6) is -0.261. The van der Waals surface area contributed by atoms with Crippen molar-refractivity contribution in [2.75, 3.05) is 0 Å². The summed E-state index contributed by atoms with van der Waals surface area (Å²) in [5, 5.41) is 8.56. The van der Waals surface area contributed by atoms with Gasteiger partial charge in [-0.3, -0.25) is 0 Å². The predicted molar refractivity (Wildman–Crippen MR) is 77.3 cm³/mol. The second-order valence-electron chi connectivity index (χ2n) is 3.92. The van der Waals surface area contributed by atoms with Crippen LogP contribution in [-0.2, 0) is 4.79 Å². The Bertz CT molecular complexity index is 651. The molecule has 0 saturated carbocycles. The Morgan fingerprint density at radius 2 is 1.90 bits per heavy atom. The molecule has 0 aliphatic rings. The van der Waals surface area contributed by atoms with Gasteiger partial charge >= 0.3 is 5.97 Å². The molecule has 0 spiro atoms. The van der Waals surface area contributed by atoms with Crippen LogP contribution in [0.15, 0.2) is 53.0 Å². The third-order valence-corrected chi connectivity index (χ3v) is 3.04. The Labute approximate surface area is 123 Å². The van der Waals surface area contributed by atoms with Gasteiger partial charge in [0, 0.05) is 6.08 Å². The van der Waals surface area contributed by atoms with Gasteiger partial charge in [-0.2, -0.15) is 0 Å². The zero-order chi connectivity index (χ0) is 14.5. The van der Waals surface area contributed by atoms with Crippen LogP contribution in [0, 0.1) is 5.82 Å². The van der Waals surface area contributed by atoms with E-state index in [4.69, 9.17) is 9.84 Å². The molecule has 0 amide bonds. The highest BCUT2D eigenvalue weighted by atomic mass is 79.9. The average molecular weight is 337 g/mol. The molecule has 0 atom stereocenters. The lowest BCUT2D eigenvalue weighted by Crippen LogP contribution is -1.88. The van der Waals surface area contributed by atoms with Crippen LogP contribution in [0.4, 0.5) is 4.39 Å². The molecule has 0 aromatic heterocycles. The molecule has 2 aromatic rings. The summed E-state index contributed by atoms with van der Waals surface area (Å²) in [5.41, 5.74) is 0.728. The van der Waals surface area contributed by atoms with Crippen LogP contribution in [0.2, 0.25) is 0 Å². The molecule has 0 saturated heterocycles. The number of hydrogen-bond acceptors (Lipinski definition) is 2. The van der Waals surface area contributed by atoms with E-state index in [-0.39, 0.29) is 5.82 Å². The minimum Gasteiger partial charge on any atom is -0.478 e. The number of carboxylic acid groups (broad SMARTS) is 1. The molecule has 0 heterocycles. The van der Waals surface area contributed by atoms with Crippen molar-refractivity contribution in [3.05, 3.63) is 64.4 Å². The Morgan fingerprint density at radius 1 is 1.20 bits per heavy atom. The van der Waals surface area contributed by atoms with Crippen LogP contribution in [0.25, 0.3) is 6.08 Å². The van der Waals surface area contributed by atoms with Gasteiger partial charge in [0.25, 0.3) is 0 Å². The summed E-state index contributed by atoms with van der Waals surface area (Å²) in [6.45, 7) is 0. The van der Waals surface area contributed by atoms with Crippen molar-refractivity contribution >= 4 is 28.0 Å². The second kappa shape index (κ2) is 6.34. The fourth-order valence-corrected chi connectivity index (χ4v) is 1.98. The first-order valence-electron chi connectivity index (χ1n) is 5.68. The van der Waals surface area contributed by atoms with Crippen molar-refractivity contribution in [3.8, 4) is 11.5 Å². The molecule has 2 aromatic carbocycles. The lowest BCUT2D eigenvalue weighted by Gasteiger charge is -2.08. The van der Waals surface area contributed by atoms with Gasteiger partial charge in [0.05, 0.1) is 4.47 Å². The summed E-state index contributed by atoms with van der Waals surface area (Å²) in [4.78, 5) is 10.4. The van der Waals surface area contributed by atoms with Crippen LogP contribution < -0.4 is 4.74 Å². The van der Waals surface area contributed by atoms with E-state index in [0.717, 1.165) is 11.6 Å². The van der Waals surface area contributed by atoms with Gasteiger partial charge < -0.3 is 9.84 Å². The number of hydrogen-bond donors (Lipinski definition) is 1. The first kappa shape index (κ1) is 14.3. The number of halogens is 2. The SMILES string of the molecule is O=C(O)/C=C/c1ccc(Oc2ccc(F)cc2)c(Br)c1. The van der Waals surface area contributed by atoms with E-state index in [1.807, 2.05) is 0 Å². The number of rotatable bonds is 4. The highest BCUT2D eigenvalue weighted by Crippen LogP contribution is 2.30. The van der Waals surface area contributed by atoms with E-state index < -0.39 is 5.97 Å². The lowest BCUT2D eigenvalue weighted by molar-refractivity contribution is -0.131. The molecule has 102 valence electrons. The van der Waals surface area contributed by atoms with Gasteiger partial charge in [0.1, 0.15) is 17.3 Å². The Hall–Kier alpha value is -2.14. The number of carbonyl (C=O) groups is 1. The summed E-state index contributed by atoms with van der Waals surface area (Å²) in [6, 6.07) is 10.8. The average Bonchev–Trinajstić information content (AvgIpc) is 2.41. The van der Waals surface area contributed by atoms with Gasteiger partial charge in [0.2, 0.25) is 0 Å². The monoisotopic (exact) mass is 336 g/mol. The fourth-order valence-electron chi connectivity index (χ4n) is 1.50. The molecule has 0 aliphatic carbocycles. The maximum absolute atomic E-state index is 12.8.